The number of halogens is 2. The summed E-state index contributed by atoms with van der Waals surface area (Å²) in [5.41, 5.74) is 6.70. The Morgan fingerprint density at radius 2 is 2.00 bits per heavy atom. The van der Waals surface area contributed by atoms with Crippen LogP contribution in [0.25, 0.3) is 0 Å². The number of nitrogens with two attached hydrogens (primary N) is 1. The molecule has 21 heavy (non-hydrogen) atoms. The van der Waals surface area contributed by atoms with Gasteiger partial charge in [0.05, 0.1) is 17.9 Å². The molecule has 0 fully saturated rings. The minimum atomic E-state index is -3.71. The lowest BCUT2D eigenvalue weighted by Gasteiger charge is -2.19. The van der Waals surface area contributed by atoms with E-state index in [1.807, 2.05) is 6.07 Å². The molecule has 2 rings (SSSR count). The molecule has 0 aliphatic rings. The first-order valence-electron chi connectivity index (χ1n) is 5.93. The molecule has 0 unspecified atom stereocenters. The summed E-state index contributed by atoms with van der Waals surface area (Å²) < 4.78 is 27.7. The molecule has 0 atom stereocenters. The van der Waals surface area contributed by atoms with E-state index in [2.05, 4.69) is 36.8 Å². The standard InChI is InChI=1S/C13H13Br2N3O2S/c1-18(8-10-4-2-3-5-17-10)21(19,20)13-11(15)6-9(14)7-12(13)16/h2-7H,8,16H2,1H3. The Bertz CT molecular complexity index is 728. The Kier molecular flexibility index (Phi) is 5.03. The second-order valence-electron chi connectivity index (χ2n) is 4.39. The molecular weight excluding hydrogens is 422 g/mol. The van der Waals surface area contributed by atoms with Crippen LogP contribution in [-0.4, -0.2) is 24.8 Å². The molecule has 0 spiro atoms. The SMILES string of the molecule is CN(Cc1ccccn1)S(=O)(=O)c1c(N)cc(Br)cc1Br. The normalized spacial score (nSPS) is 11.8. The summed E-state index contributed by atoms with van der Waals surface area (Å²) in [6.45, 7) is 0.172. The summed E-state index contributed by atoms with van der Waals surface area (Å²) in [4.78, 5) is 4.19. The van der Waals surface area contributed by atoms with Crippen molar-refractivity contribution in [1.82, 2.24) is 9.29 Å². The predicted molar refractivity (Wildman–Crippen MR) is 89.1 cm³/mol. The lowest BCUT2D eigenvalue weighted by Crippen LogP contribution is -2.28. The smallest absolute Gasteiger partial charge is 0.246 e. The molecule has 0 saturated carbocycles. The van der Waals surface area contributed by atoms with Crippen molar-refractivity contribution in [3.05, 3.63) is 51.2 Å². The van der Waals surface area contributed by atoms with Gasteiger partial charge in [0.15, 0.2) is 0 Å². The average molecular weight is 435 g/mol. The fraction of sp³-hybridized carbons (Fsp3) is 0.154. The van der Waals surface area contributed by atoms with Gasteiger partial charge in [-0.1, -0.05) is 22.0 Å². The van der Waals surface area contributed by atoms with Crippen molar-refractivity contribution < 1.29 is 8.42 Å². The second-order valence-corrected chi connectivity index (χ2v) is 8.14. The molecule has 112 valence electrons. The summed E-state index contributed by atoms with van der Waals surface area (Å²) >= 11 is 6.53. The topological polar surface area (TPSA) is 76.3 Å². The number of anilines is 1. The Labute approximate surface area is 140 Å². The van der Waals surface area contributed by atoms with Crippen molar-refractivity contribution in [3.63, 3.8) is 0 Å². The van der Waals surface area contributed by atoms with Gasteiger partial charge in [0.1, 0.15) is 4.90 Å². The average Bonchev–Trinajstić information content (AvgIpc) is 2.38. The van der Waals surface area contributed by atoms with Crippen LogP contribution in [0.4, 0.5) is 5.69 Å². The van der Waals surface area contributed by atoms with E-state index in [0.717, 1.165) is 0 Å². The minimum absolute atomic E-state index is 0.0594. The van der Waals surface area contributed by atoms with Gasteiger partial charge >= 0.3 is 0 Å². The highest BCUT2D eigenvalue weighted by atomic mass is 79.9. The minimum Gasteiger partial charge on any atom is -0.398 e. The summed E-state index contributed by atoms with van der Waals surface area (Å²) in [6.07, 6.45) is 1.62. The molecule has 5 nitrogen and oxygen atoms in total. The van der Waals surface area contributed by atoms with Crippen LogP contribution in [0, 0.1) is 0 Å². The van der Waals surface area contributed by atoms with Crippen molar-refractivity contribution >= 4 is 47.6 Å². The van der Waals surface area contributed by atoms with Crippen LogP contribution >= 0.6 is 31.9 Å². The Balaban J connectivity index is 2.38. The number of nitrogen functional groups attached to an aromatic ring is 1. The third kappa shape index (κ3) is 3.63. The van der Waals surface area contributed by atoms with E-state index in [4.69, 9.17) is 5.73 Å². The summed E-state index contributed by atoms with van der Waals surface area (Å²) in [7, 11) is -2.22. The van der Waals surface area contributed by atoms with Gasteiger partial charge in [-0.3, -0.25) is 4.98 Å². The van der Waals surface area contributed by atoms with Crippen molar-refractivity contribution in [2.45, 2.75) is 11.4 Å². The quantitative estimate of drug-likeness (QED) is 0.750. The zero-order valence-electron chi connectivity index (χ0n) is 11.1. The summed E-state index contributed by atoms with van der Waals surface area (Å²) in [5, 5.41) is 0. The molecule has 0 bridgehead atoms. The molecule has 0 radical (unpaired) electrons. The van der Waals surface area contributed by atoms with Gasteiger partial charge in [-0.05, 0) is 40.2 Å². The number of hydrogen-bond donors (Lipinski definition) is 1. The van der Waals surface area contributed by atoms with Gasteiger partial charge in [-0.2, -0.15) is 4.31 Å². The van der Waals surface area contributed by atoms with E-state index in [-0.39, 0.29) is 17.1 Å². The van der Waals surface area contributed by atoms with E-state index >= 15 is 0 Å². The number of pyridine rings is 1. The van der Waals surface area contributed by atoms with Crippen LogP contribution in [0.2, 0.25) is 0 Å². The molecule has 0 saturated heterocycles. The lowest BCUT2D eigenvalue weighted by atomic mass is 10.3. The van der Waals surface area contributed by atoms with Crippen LogP contribution in [0.5, 0.6) is 0 Å². The van der Waals surface area contributed by atoms with E-state index in [9.17, 15) is 8.42 Å². The van der Waals surface area contributed by atoms with Crippen molar-refractivity contribution in [2.24, 2.45) is 0 Å². The number of benzene rings is 1. The molecule has 2 N–H and O–H groups in total. The second kappa shape index (κ2) is 6.43. The maximum Gasteiger partial charge on any atom is 0.246 e. The molecule has 1 heterocycles. The number of nitrogens with zero attached hydrogens (tertiary/aromatic N) is 2. The number of aromatic nitrogens is 1. The number of hydrogen-bond acceptors (Lipinski definition) is 4. The first-order valence-corrected chi connectivity index (χ1v) is 8.95. The molecular formula is C13H13Br2N3O2S. The van der Waals surface area contributed by atoms with E-state index < -0.39 is 10.0 Å². The number of rotatable bonds is 4. The van der Waals surface area contributed by atoms with Crippen LogP contribution in [0.3, 0.4) is 0 Å². The van der Waals surface area contributed by atoms with Crippen molar-refractivity contribution in [3.8, 4) is 0 Å². The van der Waals surface area contributed by atoms with Gasteiger partial charge in [0.2, 0.25) is 10.0 Å². The zero-order chi connectivity index (χ0) is 15.6. The lowest BCUT2D eigenvalue weighted by molar-refractivity contribution is 0.462. The van der Waals surface area contributed by atoms with E-state index in [1.54, 1.807) is 30.5 Å². The maximum absolute atomic E-state index is 12.7. The van der Waals surface area contributed by atoms with Crippen molar-refractivity contribution in [1.29, 1.82) is 0 Å². The van der Waals surface area contributed by atoms with E-state index in [0.29, 0.717) is 14.6 Å². The highest BCUT2D eigenvalue weighted by Gasteiger charge is 2.26. The predicted octanol–water partition coefficient (Wildman–Crippen LogP) is 3.01. The summed E-state index contributed by atoms with van der Waals surface area (Å²) in [5.74, 6) is 0. The molecule has 1 aromatic carbocycles. The Hall–Kier alpha value is -0.960. The zero-order valence-corrected chi connectivity index (χ0v) is 15.1. The maximum atomic E-state index is 12.7. The highest BCUT2D eigenvalue weighted by molar-refractivity contribution is 9.11. The van der Waals surface area contributed by atoms with Gasteiger partial charge in [-0.15, -0.1) is 0 Å². The van der Waals surface area contributed by atoms with Gasteiger partial charge in [0, 0.05) is 22.2 Å². The first-order chi connectivity index (χ1) is 9.82. The van der Waals surface area contributed by atoms with Crippen LogP contribution in [0.1, 0.15) is 5.69 Å². The van der Waals surface area contributed by atoms with Gasteiger partial charge < -0.3 is 5.73 Å². The van der Waals surface area contributed by atoms with Crippen molar-refractivity contribution in [2.75, 3.05) is 12.8 Å². The monoisotopic (exact) mass is 433 g/mol. The first kappa shape index (κ1) is 16.4. The van der Waals surface area contributed by atoms with Crippen LogP contribution in [-0.2, 0) is 16.6 Å². The molecule has 1 aromatic heterocycles. The third-order valence-corrected chi connectivity index (χ3v) is 6.08. The fourth-order valence-electron chi connectivity index (χ4n) is 1.81. The largest absolute Gasteiger partial charge is 0.398 e. The molecule has 0 aliphatic carbocycles. The van der Waals surface area contributed by atoms with Crippen LogP contribution in [0.15, 0.2) is 50.4 Å². The van der Waals surface area contributed by atoms with Crippen LogP contribution < -0.4 is 5.73 Å². The fourth-order valence-corrected chi connectivity index (χ4v) is 4.96. The van der Waals surface area contributed by atoms with Gasteiger partial charge in [0.25, 0.3) is 0 Å². The molecule has 0 amide bonds. The number of sulfonamides is 1. The van der Waals surface area contributed by atoms with E-state index in [1.165, 1.54) is 11.4 Å². The molecule has 8 heteroatoms. The van der Waals surface area contributed by atoms with Gasteiger partial charge in [-0.25, -0.2) is 8.42 Å². The third-order valence-electron chi connectivity index (χ3n) is 2.82. The molecule has 2 aromatic rings. The Morgan fingerprint density at radius 3 is 2.57 bits per heavy atom. The summed E-state index contributed by atoms with van der Waals surface area (Å²) in [6, 6.07) is 8.57. The Morgan fingerprint density at radius 1 is 1.29 bits per heavy atom. The highest BCUT2D eigenvalue weighted by Crippen LogP contribution is 2.33. The molecule has 0 aliphatic heterocycles.